The molecule has 0 radical (unpaired) electrons. The second-order valence-electron chi connectivity index (χ2n) is 9.14. The average Bonchev–Trinajstić information content (AvgIpc) is 2.86. The molecular weight excluding hydrogens is 442 g/mol. The second kappa shape index (κ2) is 12.3. The fraction of sp³-hybridized carbons (Fsp3) is 0.481. The molecule has 0 aliphatic carbocycles. The van der Waals surface area contributed by atoms with Crippen LogP contribution in [0.1, 0.15) is 64.9 Å². The second-order valence-corrected chi connectivity index (χ2v) is 9.14. The highest BCUT2D eigenvalue weighted by atomic mass is 16.5. The van der Waals surface area contributed by atoms with Crippen LogP contribution in [0.15, 0.2) is 36.5 Å². The molecule has 8 nitrogen and oxygen atoms in total. The van der Waals surface area contributed by atoms with Gasteiger partial charge in [-0.15, -0.1) is 0 Å². The lowest BCUT2D eigenvalue weighted by Crippen LogP contribution is -2.36. The van der Waals surface area contributed by atoms with Gasteiger partial charge < -0.3 is 24.9 Å². The molecule has 0 saturated heterocycles. The lowest BCUT2D eigenvalue weighted by molar-refractivity contribution is -0.117. The van der Waals surface area contributed by atoms with Crippen LogP contribution in [0, 0.1) is 0 Å². The summed E-state index contributed by atoms with van der Waals surface area (Å²) in [6.07, 6.45) is 7.32. The number of Topliss-reactive ketones (excluding diaryl/α,β-unsaturated/α-hetero) is 1. The van der Waals surface area contributed by atoms with E-state index >= 15 is 0 Å². The Hall–Kier alpha value is -3.42. The minimum absolute atomic E-state index is 0.190. The molecule has 0 amide bonds. The summed E-state index contributed by atoms with van der Waals surface area (Å²) in [4.78, 5) is 25.8. The van der Waals surface area contributed by atoms with E-state index in [9.17, 15) is 4.79 Å². The molecule has 0 spiro atoms. The molecule has 1 atom stereocenters. The number of ether oxygens (including phenoxy) is 2. The molecule has 0 saturated carbocycles. The molecule has 2 aromatic heterocycles. The van der Waals surface area contributed by atoms with Crippen molar-refractivity contribution in [1.29, 1.82) is 0 Å². The molecule has 2 heterocycles. The zero-order chi connectivity index (χ0) is 25.3. The quantitative estimate of drug-likeness (QED) is 0.281. The number of unbranched alkanes of at least 4 members (excludes halogenated alkanes) is 2. The van der Waals surface area contributed by atoms with Gasteiger partial charge in [-0.05, 0) is 51.0 Å². The third kappa shape index (κ3) is 7.28. The number of benzene rings is 1. The molecule has 188 valence electrons. The number of nitrogens with zero attached hydrogens (tertiary/aromatic N) is 3. The van der Waals surface area contributed by atoms with Gasteiger partial charge in [0.15, 0.2) is 5.82 Å². The van der Waals surface area contributed by atoms with Gasteiger partial charge in [0.05, 0.1) is 19.7 Å². The van der Waals surface area contributed by atoms with Gasteiger partial charge in [0.2, 0.25) is 5.95 Å². The number of carbonyl (C=O) groups excluding carboxylic acids is 1. The first-order valence-corrected chi connectivity index (χ1v) is 12.2. The lowest BCUT2D eigenvalue weighted by Gasteiger charge is -2.32. The van der Waals surface area contributed by atoms with Crippen molar-refractivity contribution >= 4 is 28.6 Å². The predicted octanol–water partition coefficient (Wildman–Crippen LogP) is 5.77. The van der Waals surface area contributed by atoms with Crippen molar-refractivity contribution in [2.75, 3.05) is 24.9 Å². The molecule has 35 heavy (non-hydrogen) atoms. The fourth-order valence-corrected chi connectivity index (χ4v) is 4.06. The van der Waals surface area contributed by atoms with Crippen LogP contribution in [0.25, 0.3) is 11.0 Å². The number of anilines is 2. The van der Waals surface area contributed by atoms with Crippen LogP contribution in [-0.2, 0) is 11.3 Å². The van der Waals surface area contributed by atoms with Crippen molar-refractivity contribution in [2.45, 2.75) is 71.4 Å². The summed E-state index contributed by atoms with van der Waals surface area (Å²) in [5.74, 6) is 2.81. The number of aromatic nitrogens is 3. The highest BCUT2D eigenvalue weighted by molar-refractivity contribution is 5.86. The lowest BCUT2D eigenvalue weighted by atomic mass is 9.88. The Morgan fingerprint density at radius 3 is 2.63 bits per heavy atom. The molecule has 0 unspecified atom stereocenters. The first-order valence-electron chi connectivity index (χ1n) is 12.2. The van der Waals surface area contributed by atoms with E-state index in [0.717, 1.165) is 54.7 Å². The van der Waals surface area contributed by atoms with Crippen LogP contribution >= 0.6 is 0 Å². The Balaban J connectivity index is 1.88. The average molecular weight is 480 g/mol. The number of rotatable bonds is 14. The van der Waals surface area contributed by atoms with E-state index in [-0.39, 0.29) is 11.3 Å². The zero-order valence-corrected chi connectivity index (χ0v) is 21.5. The molecule has 3 aromatic rings. The smallest absolute Gasteiger partial charge is 0.225 e. The Bertz CT molecular complexity index is 1140. The number of hydrogen-bond acceptors (Lipinski definition) is 8. The summed E-state index contributed by atoms with van der Waals surface area (Å²) < 4.78 is 10.8. The number of carbonyl (C=O) groups is 1. The third-order valence-corrected chi connectivity index (χ3v) is 6.17. The van der Waals surface area contributed by atoms with Crippen LogP contribution < -0.4 is 20.1 Å². The summed E-state index contributed by atoms with van der Waals surface area (Å²) >= 11 is 0. The molecule has 1 aromatic carbocycles. The highest BCUT2D eigenvalue weighted by Gasteiger charge is 2.26. The van der Waals surface area contributed by atoms with E-state index in [1.54, 1.807) is 27.3 Å². The molecule has 0 fully saturated rings. The SMILES string of the molecule is CCCCC[C@](C)(CCC(C)=O)Nc1nc(NCc2ccc(OC)cc2OC)nc2cccnc12. The van der Waals surface area contributed by atoms with Crippen LogP contribution in [-0.4, -0.2) is 40.5 Å². The summed E-state index contributed by atoms with van der Waals surface area (Å²) in [7, 11) is 3.27. The number of methoxy groups -OCH3 is 2. The Labute approximate surface area is 207 Å². The fourth-order valence-electron chi connectivity index (χ4n) is 4.06. The van der Waals surface area contributed by atoms with E-state index < -0.39 is 0 Å². The monoisotopic (exact) mass is 479 g/mol. The van der Waals surface area contributed by atoms with Crippen molar-refractivity contribution in [2.24, 2.45) is 0 Å². The molecule has 8 heteroatoms. The molecule has 0 aliphatic rings. The maximum Gasteiger partial charge on any atom is 0.225 e. The maximum absolute atomic E-state index is 11.8. The van der Waals surface area contributed by atoms with Gasteiger partial charge in [-0.3, -0.25) is 4.98 Å². The highest BCUT2D eigenvalue weighted by Crippen LogP contribution is 2.30. The standard InChI is InChI=1S/C27H37N5O3/c1-6-7-8-14-27(3,15-13-19(2)33)32-25-24-22(10-9-16-28-24)30-26(31-25)29-18-20-11-12-21(34-4)17-23(20)35-5/h9-12,16-17H,6-8,13-15,18H2,1-5H3,(H2,29,30,31,32)/t27-/m1/s1. The summed E-state index contributed by atoms with van der Waals surface area (Å²) in [5, 5.41) is 6.97. The van der Waals surface area contributed by atoms with E-state index in [2.05, 4.69) is 34.4 Å². The minimum Gasteiger partial charge on any atom is -0.497 e. The Kier molecular flexibility index (Phi) is 9.23. The zero-order valence-electron chi connectivity index (χ0n) is 21.5. The van der Waals surface area contributed by atoms with Crippen LogP contribution in [0.2, 0.25) is 0 Å². The molecule has 3 rings (SSSR count). The Morgan fingerprint density at radius 1 is 1.09 bits per heavy atom. The number of nitrogens with one attached hydrogen (secondary N) is 2. The van der Waals surface area contributed by atoms with Gasteiger partial charge in [0.1, 0.15) is 22.8 Å². The molecule has 0 bridgehead atoms. The van der Waals surface area contributed by atoms with Crippen LogP contribution in [0.5, 0.6) is 11.5 Å². The minimum atomic E-state index is -0.282. The molecule has 0 aliphatic heterocycles. The first-order chi connectivity index (χ1) is 16.9. The number of pyridine rings is 1. The van der Waals surface area contributed by atoms with Gasteiger partial charge in [-0.2, -0.15) is 4.98 Å². The van der Waals surface area contributed by atoms with Crippen molar-refractivity contribution < 1.29 is 14.3 Å². The van der Waals surface area contributed by atoms with E-state index in [1.165, 1.54) is 0 Å². The number of ketones is 1. The van der Waals surface area contributed by atoms with E-state index in [4.69, 9.17) is 14.5 Å². The largest absolute Gasteiger partial charge is 0.497 e. The topological polar surface area (TPSA) is 98.3 Å². The van der Waals surface area contributed by atoms with Gasteiger partial charge >= 0.3 is 0 Å². The molecular formula is C27H37N5O3. The summed E-state index contributed by atoms with van der Waals surface area (Å²) in [5.41, 5.74) is 2.14. The van der Waals surface area contributed by atoms with Crippen molar-refractivity contribution in [1.82, 2.24) is 15.0 Å². The predicted molar refractivity (Wildman–Crippen MR) is 140 cm³/mol. The normalized spacial score (nSPS) is 12.7. The van der Waals surface area contributed by atoms with Crippen LogP contribution in [0.3, 0.4) is 0 Å². The summed E-state index contributed by atoms with van der Waals surface area (Å²) in [6.45, 7) is 6.48. The number of fused-ring (bicyclic) bond motifs is 1. The van der Waals surface area contributed by atoms with E-state index in [1.807, 2.05) is 30.3 Å². The van der Waals surface area contributed by atoms with Gasteiger partial charge in [-0.1, -0.05) is 26.2 Å². The first kappa shape index (κ1) is 26.2. The third-order valence-electron chi connectivity index (χ3n) is 6.17. The van der Waals surface area contributed by atoms with Gasteiger partial charge in [-0.25, -0.2) is 4.98 Å². The van der Waals surface area contributed by atoms with Gasteiger partial charge in [0.25, 0.3) is 0 Å². The molecule has 2 N–H and O–H groups in total. The van der Waals surface area contributed by atoms with Gasteiger partial charge in [0, 0.05) is 36.3 Å². The van der Waals surface area contributed by atoms with Crippen LogP contribution in [0.4, 0.5) is 11.8 Å². The van der Waals surface area contributed by atoms with Crippen molar-refractivity contribution in [3.8, 4) is 11.5 Å². The summed E-state index contributed by atoms with van der Waals surface area (Å²) in [6, 6.07) is 9.50. The van der Waals surface area contributed by atoms with Crippen molar-refractivity contribution in [3.63, 3.8) is 0 Å². The number of hydrogen-bond donors (Lipinski definition) is 2. The van der Waals surface area contributed by atoms with E-state index in [0.29, 0.717) is 30.2 Å². The maximum atomic E-state index is 11.8. The van der Waals surface area contributed by atoms with Crippen molar-refractivity contribution in [3.05, 3.63) is 42.1 Å². The Morgan fingerprint density at radius 2 is 1.91 bits per heavy atom.